The summed E-state index contributed by atoms with van der Waals surface area (Å²) in [5.74, 6) is 1.82. The fraction of sp³-hybridized carbons (Fsp3) is 0.105. The van der Waals surface area contributed by atoms with Crippen LogP contribution in [-0.2, 0) is 0 Å². The SMILES string of the molecule is CNc1ccc(C#N)cn1.Cc1cc(Oc2cncc(Cl)c2)cc(C=O)n1. The average molecular weight is 382 g/mol. The van der Waals surface area contributed by atoms with E-state index >= 15 is 0 Å². The topological polar surface area (TPSA) is 101 Å². The Hall–Kier alpha value is -3.50. The Morgan fingerprint density at radius 1 is 1.19 bits per heavy atom. The van der Waals surface area contributed by atoms with E-state index in [1.807, 2.05) is 6.07 Å². The fourth-order valence-electron chi connectivity index (χ4n) is 1.97. The maximum atomic E-state index is 10.7. The number of anilines is 1. The van der Waals surface area contributed by atoms with Crippen LogP contribution in [0.25, 0.3) is 0 Å². The predicted octanol–water partition coefficient (Wildman–Crippen LogP) is 4.04. The molecule has 0 radical (unpaired) electrons. The molecule has 136 valence electrons. The van der Waals surface area contributed by atoms with Gasteiger partial charge in [0.05, 0.1) is 16.8 Å². The van der Waals surface area contributed by atoms with Gasteiger partial charge in [-0.25, -0.2) is 4.98 Å². The van der Waals surface area contributed by atoms with Crippen LogP contribution in [-0.4, -0.2) is 28.3 Å². The Balaban J connectivity index is 0.000000223. The van der Waals surface area contributed by atoms with Crippen molar-refractivity contribution < 1.29 is 9.53 Å². The molecule has 0 aromatic carbocycles. The number of carbonyl (C=O) groups excluding carboxylic acids is 1. The highest BCUT2D eigenvalue weighted by Crippen LogP contribution is 2.23. The summed E-state index contributed by atoms with van der Waals surface area (Å²) < 4.78 is 5.54. The van der Waals surface area contributed by atoms with Crippen LogP contribution in [0.1, 0.15) is 21.7 Å². The van der Waals surface area contributed by atoms with Crippen molar-refractivity contribution in [1.29, 1.82) is 5.26 Å². The summed E-state index contributed by atoms with van der Waals surface area (Å²) in [7, 11) is 1.79. The minimum atomic E-state index is 0.329. The lowest BCUT2D eigenvalue weighted by Crippen LogP contribution is -1.93. The molecule has 0 aliphatic heterocycles. The zero-order valence-corrected chi connectivity index (χ0v) is 15.4. The molecule has 0 fully saturated rings. The summed E-state index contributed by atoms with van der Waals surface area (Å²) >= 11 is 5.79. The quantitative estimate of drug-likeness (QED) is 0.680. The van der Waals surface area contributed by atoms with Crippen molar-refractivity contribution in [2.45, 2.75) is 6.92 Å². The molecule has 0 saturated heterocycles. The van der Waals surface area contributed by atoms with Crippen LogP contribution in [0.4, 0.5) is 5.82 Å². The maximum Gasteiger partial charge on any atom is 0.168 e. The van der Waals surface area contributed by atoms with Crippen LogP contribution in [0.5, 0.6) is 11.5 Å². The number of aryl methyl sites for hydroxylation is 1. The first-order chi connectivity index (χ1) is 13.0. The lowest BCUT2D eigenvalue weighted by Gasteiger charge is -2.06. The van der Waals surface area contributed by atoms with E-state index in [1.54, 1.807) is 50.5 Å². The Morgan fingerprint density at radius 3 is 2.59 bits per heavy atom. The lowest BCUT2D eigenvalue weighted by atomic mass is 10.3. The number of ether oxygens (including phenoxy) is 1. The van der Waals surface area contributed by atoms with Gasteiger partial charge in [0, 0.05) is 43.3 Å². The lowest BCUT2D eigenvalue weighted by molar-refractivity contribution is 0.111. The van der Waals surface area contributed by atoms with E-state index in [2.05, 4.69) is 20.3 Å². The molecule has 0 spiro atoms. The number of pyridine rings is 3. The second-order valence-corrected chi connectivity index (χ2v) is 5.66. The smallest absolute Gasteiger partial charge is 0.168 e. The predicted molar refractivity (Wildman–Crippen MR) is 102 cm³/mol. The molecule has 0 unspecified atom stereocenters. The number of hydrogen-bond donors (Lipinski definition) is 1. The zero-order valence-electron chi connectivity index (χ0n) is 14.7. The number of nitrogens with one attached hydrogen (secondary N) is 1. The van der Waals surface area contributed by atoms with E-state index in [0.717, 1.165) is 5.82 Å². The molecule has 27 heavy (non-hydrogen) atoms. The standard InChI is InChI=1S/C12H9ClN2O2.C7H7N3/c1-8-2-11(4-10(7-16)15-8)17-12-3-9(13)5-14-6-12;1-9-7-3-2-6(4-8)5-10-7/h2-7H,1H3;2-3,5H,1H3,(H,9,10). The summed E-state index contributed by atoms with van der Waals surface area (Å²) in [6.45, 7) is 1.79. The third-order valence-corrected chi connectivity index (χ3v) is 3.34. The van der Waals surface area contributed by atoms with Crippen molar-refractivity contribution in [3.05, 3.63) is 70.9 Å². The molecule has 0 saturated carbocycles. The van der Waals surface area contributed by atoms with Crippen molar-refractivity contribution in [2.24, 2.45) is 0 Å². The van der Waals surface area contributed by atoms with Crippen molar-refractivity contribution in [3.8, 4) is 17.6 Å². The molecule has 0 atom stereocenters. The van der Waals surface area contributed by atoms with Crippen LogP contribution in [0.15, 0.2) is 48.9 Å². The number of aldehydes is 1. The second kappa shape index (κ2) is 9.85. The first-order valence-electron chi connectivity index (χ1n) is 7.80. The summed E-state index contributed by atoms with van der Waals surface area (Å²) in [6, 6.07) is 10.4. The van der Waals surface area contributed by atoms with Crippen LogP contribution in [0, 0.1) is 18.3 Å². The molecule has 0 aliphatic carbocycles. The number of rotatable bonds is 4. The molecule has 0 aliphatic rings. The van der Waals surface area contributed by atoms with Gasteiger partial charge in [-0.2, -0.15) is 5.26 Å². The van der Waals surface area contributed by atoms with Crippen LogP contribution in [0.2, 0.25) is 5.02 Å². The minimum Gasteiger partial charge on any atom is -0.456 e. The number of nitrogens with zero attached hydrogens (tertiary/aromatic N) is 4. The number of aromatic nitrogens is 3. The fourth-order valence-corrected chi connectivity index (χ4v) is 2.14. The Labute approximate surface area is 161 Å². The van der Waals surface area contributed by atoms with Crippen LogP contribution < -0.4 is 10.1 Å². The van der Waals surface area contributed by atoms with E-state index < -0.39 is 0 Å². The molecule has 3 rings (SSSR count). The Bertz CT molecular complexity index is 955. The maximum absolute atomic E-state index is 10.7. The van der Waals surface area contributed by atoms with E-state index in [4.69, 9.17) is 21.6 Å². The molecule has 7 nitrogen and oxygen atoms in total. The number of halogens is 1. The summed E-state index contributed by atoms with van der Waals surface area (Å²) in [5.41, 5.74) is 1.62. The van der Waals surface area contributed by atoms with Crippen molar-refractivity contribution in [3.63, 3.8) is 0 Å². The van der Waals surface area contributed by atoms with E-state index in [-0.39, 0.29) is 0 Å². The summed E-state index contributed by atoms with van der Waals surface area (Å²) in [6.07, 6.45) is 5.27. The van der Waals surface area contributed by atoms with Gasteiger partial charge >= 0.3 is 0 Å². The third kappa shape index (κ3) is 6.38. The van der Waals surface area contributed by atoms with Gasteiger partial charge in [-0.3, -0.25) is 14.8 Å². The van der Waals surface area contributed by atoms with E-state index in [9.17, 15) is 4.79 Å². The number of carbonyl (C=O) groups is 1. The normalized spacial score (nSPS) is 9.41. The Kier molecular flexibility index (Phi) is 7.23. The van der Waals surface area contributed by atoms with Gasteiger partial charge in [-0.05, 0) is 19.1 Å². The van der Waals surface area contributed by atoms with E-state index in [1.165, 1.54) is 12.4 Å². The van der Waals surface area contributed by atoms with Crippen molar-refractivity contribution in [1.82, 2.24) is 15.0 Å². The molecular formula is C19H16ClN5O2. The van der Waals surface area contributed by atoms with Gasteiger partial charge in [0.1, 0.15) is 29.1 Å². The van der Waals surface area contributed by atoms with Gasteiger partial charge in [0.15, 0.2) is 6.29 Å². The third-order valence-electron chi connectivity index (χ3n) is 3.13. The molecule has 1 N–H and O–H groups in total. The molecule has 0 amide bonds. The van der Waals surface area contributed by atoms with E-state index in [0.29, 0.717) is 39.8 Å². The van der Waals surface area contributed by atoms with Gasteiger partial charge in [-0.1, -0.05) is 11.6 Å². The molecule has 3 aromatic rings. The molecule has 8 heteroatoms. The average Bonchev–Trinajstić information content (AvgIpc) is 2.68. The molecule has 0 bridgehead atoms. The van der Waals surface area contributed by atoms with Gasteiger partial charge in [0.25, 0.3) is 0 Å². The largest absolute Gasteiger partial charge is 0.456 e. The zero-order chi connectivity index (χ0) is 19.6. The van der Waals surface area contributed by atoms with Crippen LogP contribution in [0.3, 0.4) is 0 Å². The molecule has 3 heterocycles. The highest BCUT2D eigenvalue weighted by atomic mass is 35.5. The van der Waals surface area contributed by atoms with Gasteiger partial charge < -0.3 is 10.1 Å². The van der Waals surface area contributed by atoms with Gasteiger partial charge in [0.2, 0.25) is 0 Å². The number of nitriles is 1. The Morgan fingerprint density at radius 2 is 2.00 bits per heavy atom. The highest BCUT2D eigenvalue weighted by Gasteiger charge is 2.03. The first kappa shape index (κ1) is 19.8. The second-order valence-electron chi connectivity index (χ2n) is 5.22. The minimum absolute atomic E-state index is 0.329. The van der Waals surface area contributed by atoms with Gasteiger partial charge in [-0.15, -0.1) is 0 Å². The van der Waals surface area contributed by atoms with Crippen LogP contribution >= 0.6 is 11.6 Å². The van der Waals surface area contributed by atoms with Crippen molar-refractivity contribution in [2.75, 3.05) is 12.4 Å². The molecule has 3 aromatic heterocycles. The summed E-state index contributed by atoms with van der Waals surface area (Å²) in [4.78, 5) is 22.5. The number of hydrogen-bond acceptors (Lipinski definition) is 7. The monoisotopic (exact) mass is 381 g/mol. The molecular weight excluding hydrogens is 366 g/mol. The summed E-state index contributed by atoms with van der Waals surface area (Å²) in [5, 5.41) is 11.7. The van der Waals surface area contributed by atoms with Crippen molar-refractivity contribution >= 4 is 23.7 Å². The highest BCUT2D eigenvalue weighted by molar-refractivity contribution is 6.30. The first-order valence-corrected chi connectivity index (χ1v) is 8.18.